The van der Waals surface area contributed by atoms with Crippen LogP contribution in [-0.4, -0.2) is 17.9 Å². The molecule has 3 aromatic carbocycles. The number of alkyl halides is 3. The van der Waals surface area contributed by atoms with Crippen LogP contribution in [0, 0.1) is 0 Å². The molecular formula is C21H17F3O2. The van der Waals surface area contributed by atoms with Gasteiger partial charge in [-0.25, -0.2) is 0 Å². The van der Waals surface area contributed by atoms with Crippen LogP contribution in [-0.2, 0) is 10.3 Å². The van der Waals surface area contributed by atoms with Gasteiger partial charge in [0.25, 0.3) is 0 Å². The molecule has 0 aliphatic heterocycles. The van der Waals surface area contributed by atoms with Gasteiger partial charge in [-0.1, -0.05) is 66.7 Å². The molecule has 134 valence electrons. The summed E-state index contributed by atoms with van der Waals surface area (Å²) in [6, 6.07) is 20.2. The average Bonchev–Trinajstić information content (AvgIpc) is 2.64. The molecule has 3 rings (SSSR count). The topological polar surface area (TPSA) is 29.5 Å². The van der Waals surface area contributed by atoms with Crippen molar-refractivity contribution in [3.63, 3.8) is 0 Å². The molecule has 1 unspecified atom stereocenters. The van der Waals surface area contributed by atoms with Crippen molar-refractivity contribution >= 4 is 16.8 Å². The molecule has 0 aliphatic rings. The van der Waals surface area contributed by atoms with Gasteiger partial charge in [-0.05, 0) is 34.0 Å². The second kappa shape index (κ2) is 7.22. The summed E-state index contributed by atoms with van der Waals surface area (Å²) in [5.74, 6) is 0. The quantitative estimate of drug-likeness (QED) is 0.629. The van der Waals surface area contributed by atoms with E-state index in [1.54, 1.807) is 54.6 Å². The van der Waals surface area contributed by atoms with Crippen molar-refractivity contribution in [2.75, 3.05) is 6.61 Å². The zero-order chi connectivity index (χ0) is 18.6. The zero-order valence-corrected chi connectivity index (χ0v) is 13.8. The van der Waals surface area contributed by atoms with Gasteiger partial charge in [0.15, 0.2) is 0 Å². The van der Waals surface area contributed by atoms with Crippen LogP contribution >= 0.6 is 0 Å². The van der Waals surface area contributed by atoms with Crippen LogP contribution < -0.4 is 0 Å². The van der Waals surface area contributed by atoms with Crippen molar-refractivity contribution in [1.29, 1.82) is 0 Å². The Morgan fingerprint density at radius 1 is 0.846 bits per heavy atom. The first kappa shape index (κ1) is 18.0. The van der Waals surface area contributed by atoms with Crippen LogP contribution in [0.1, 0.15) is 11.1 Å². The highest BCUT2D eigenvalue weighted by atomic mass is 19.4. The minimum absolute atomic E-state index is 0.253. The number of hydrogen-bond donors (Lipinski definition) is 1. The van der Waals surface area contributed by atoms with E-state index in [1.165, 1.54) is 18.2 Å². The highest BCUT2D eigenvalue weighted by molar-refractivity contribution is 5.83. The molecule has 0 aromatic heterocycles. The molecule has 0 saturated heterocycles. The standard InChI is InChI=1S/C21H17F3O2/c22-21(23,24)20(25,15-26-13-12-16-6-2-1-3-7-16)19-11-10-17-8-4-5-9-18(17)14-19/h1-14,25H,15H2/b13-12+. The Hall–Kier alpha value is -2.79. The lowest BCUT2D eigenvalue weighted by Gasteiger charge is -2.30. The van der Waals surface area contributed by atoms with Crippen LogP contribution in [0.4, 0.5) is 13.2 Å². The van der Waals surface area contributed by atoms with Crippen molar-refractivity contribution in [2.45, 2.75) is 11.8 Å². The summed E-state index contributed by atoms with van der Waals surface area (Å²) in [5, 5.41) is 11.8. The number of hydrogen-bond acceptors (Lipinski definition) is 2. The molecule has 0 bridgehead atoms. The molecule has 0 radical (unpaired) electrons. The number of aliphatic hydroxyl groups is 1. The lowest BCUT2D eigenvalue weighted by molar-refractivity contribution is -0.278. The predicted molar refractivity (Wildman–Crippen MR) is 95.3 cm³/mol. The summed E-state index contributed by atoms with van der Waals surface area (Å²) in [4.78, 5) is 0. The number of halogens is 3. The minimum atomic E-state index is -4.88. The van der Waals surface area contributed by atoms with E-state index < -0.39 is 18.4 Å². The van der Waals surface area contributed by atoms with Crippen molar-refractivity contribution < 1.29 is 23.0 Å². The maximum atomic E-state index is 13.6. The molecular weight excluding hydrogens is 341 g/mol. The summed E-state index contributed by atoms with van der Waals surface area (Å²) in [6.45, 7) is -0.932. The molecule has 0 spiro atoms. The van der Waals surface area contributed by atoms with Gasteiger partial charge >= 0.3 is 6.18 Å². The molecule has 3 aromatic rings. The second-order valence-corrected chi connectivity index (χ2v) is 5.94. The van der Waals surface area contributed by atoms with Crippen molar-refractivity contribution in [2.24, 2.45) is 0 Å². The molecule has 0 amide bonds. The summed E-state index contributed by atoms with van der Waals surface area (Å²) in [6.07, 6.45) is -2.18. The highest BCUT2D eigenvalue weighted by Gasteiger charge is 2.55. The number of ether oxygens (including phenoxy) is 1. The third-order valence-electron chi connectivity index (χ3n) is 4.14. The molecule has 5 heteroatoms. The minimum Gasteiger partial charge on any atom is -0.497 e. The molecule has 0 saturated carbocycles. The normalized spacial score (nSPS) is 14.5. The van der Waals surface area contributed by atoms with Crippen molar-refractivity contribution in [1.82, 2.24) is 0 Å². The fraction of sp³-hybridized carbons (Fsp3) is 0.143. The van der Waals surface area contributed by atoms with Gasteiger partial charge in [0.2, 0.25) is 5.60 Å². The van der Waals surface area contributed by atoms with E-state index in [0.29, 0.717) is 5.39 Å². The Labute approximate surface area is 149 Å². The lowest BCUT2D eigenvalue weighted by Crippen LogP contribution is -2.46. The maximum absolute atomic E-state index is 13.6. The van der Waals surface area contributed by atoms with Crippen LogP contribution in [0.5, 0.6) is 0 Å². The van der Waals surface area contributed by atoms with E-state index >= 15 is 0 Å². The largest absolute Gasteiger partial charge is 0.497 e. The molecule has 2 nitrogen and oxygen atoms in total. The van der Waals surface area contributed by atoms with Gasteiger partial charge in [-0.3, -0.25) is 0 Å². The Morgan fingerprint density at radius 2 is 1.50 bits per heavy atom. The fourth-order valence-electron chi connectivity index (χ4n) is 2.63. The summed E-state index contributed by atoms with van der Waals surface area (Å²) < 4.78 is 45.8. The van der Waals surface area contributed by atoms with Crippen LogP contribution in [0.3, 0.4) is 0 Å². The van der Waals surface area contributed by atoms with Gasteiger partial charge in [0.1, 0.15) is 6.61 Å². The molecule has 1 N–H and O–H groups in total. The van der Waals surface area contributed by atoms with Crippen LogP contribution in [0.2, 0.25) is 0 Å². The number of benzene rings is 3. The van der Waals surface area contributed by atoms with Crippen LogP contribution in [0.15, 0.2) is 79.1 Å². The molecule has 1 atom stereocenters. The van der Waals surface area contributed by atoms with Gasteiger partial charge in [0.05, 0.1) is 6.26 Å². The summed E-state index contributed by atoms with van der Waals surface area (Å²) >= 11 is 0. The van der Waals surface area contributed by atoms with Crippen molar-refractivity contribution in [3.05, 3.63) is 90.2 Å². The summed E-state index contributed by atoms with van der Waals surface area (Å²) in [5.41, 5.74) is -2.57. The van der Waals surface area contributed by atoms with E-state index in [1.807, 2.05) is 6.07 Å². The summed E-state index contributed by atoms with van der Waals surface area (Å²) in [7, 11) is 0. The smallest absolute Gasteiger partial charge is 0.424 e. The average molecular weight is 358 g/mol. The first-order valence-corrected chi connectivity index (χ1v) is 8.02. The van der Waals surface area contributed by atoms with Crippen molar-refractivity contribution in [3.8, 4) is 0 Å². The Morgan fingerprint density at radius 3 is 2.19 bits per heavy atom. The van der Waals surface area contributed by atoms with Gasteiger partial charge < -0.3 is 9.84 Å². The maximum Gasteiger partial charge on any atom is 0.424 e. The third-order valence-corrected chi connectivity index (χ3v) is 4.14. The second-order valence-electron chi connectivity index (χ2n) is 5.94. The van der Waals surface area contributed by atoms with E-state index in [-0.39, 0.29) is 5.56 Å². The predicted octanol–water partition coefficient (Wildman–Crippen LogP) is 5.28. The fourth-order valence-corrected chi connectivity index (χ4v) is 2.63. The van der Waals surface area contributed by atoms with E-state index in [2.05, 4.69) is 0 Å². The Kier molecular flexibility index (Phi) is 5.00. The Balaban J connectivity index is 1.85. The van der Waals surface area contributed by atoms with Gasteiger partial charge in [0, 0.05) is 0 Å². The zero-order valence-electron chi connectivity index (χ0n) is 13.8. The SMILES string of the molecule is OC(CO/C=C/c1ccccc1)(c1ccc2ccccc2c1)C(F)(F)F. The first-order valence-electron chi connectivity index (χ1n) is 8.02. The molecule has 26 heavy (non-hydrogen) atoms. The number of fused-ring (bicyclic) bond motifs is 1. The van der Waals surface area contributed by atoms with E-state index in [9.17, 15) is 18.3 Å². The molecule has 0 heterocycles. The van der Waals surface area contributed by atoms with E-state index in [0.717, 1.165) is 17.2 Å². The highest BCUT2D eigenvalue weighted by Crippen LogP contribution is 2.40. The third kappa shape index (κ3) is 3.73. The van der Waals surface area contributed by atoms with Crippen LogP contribution in [0.25, 0.3) is 16.8 Å². The van der Waals surface area contributed by atoms with Gasteiger partial charge in [-0.2, -0.15) is 13.2 Å². The molecule has 0 fully saturated rings. The monoisotopic (exact) mass is 358 g/mol. The first-order chi connectivity index (χ1) is 12.4. The van der Waals surface area contributed by atoms with Gasteiger partial charge in [-0.15, -0.1) is 0 Å². The molecule has 0 aliphatic carbocycles. The lowest BCUT2D eigenvalue weighted by atomic mass is 9.92. The number of rotatable bonds is 5. The van der Waals surface area contributed by atoms with E-state index in [4.69, 9.17) is 4.74 Å². The Bertz CT molecular complexity index is 904.